The fourth-order valence-electron chi connectivity index (χ4n) is 3.36. The third kappa shape index (κ3) is 5.59. The predicted octanol–water partition coefficient (Wildman–Crippen LogP) is 2.72. The average molecular weight is 410 g/mol. The van der Waals surface area contributed by atoms with E-state index in [0.29, 0.717) is 30.0 Å². The largest absolute Gasteiger partial charge is 0.497 e. The molecule has 30 heavy (non-hydrogen) atoms. The van der Waals surface area contributed by atoms with Crippen LogP contribution in [0.4, 0.5) is 0 Å². The molecule has 0 saturated carbocycles. The zero-order valence-corrected chi connectivity index (χ0v) is 17.0. The fraction of sp³-hybridized carbons (Fsp3) is 0.348. The van der Waals surface area contributed by atoms with Gasteiger partial charge < -0.3 is 19.7 Å². The van der Waals surface area contributed by atoms with E-state index in [4.69, 9.17) is 9.47 Å². The molecule has 7 heteroatoms. The lowest BCUT2D eigenvalue weighted by molar-refractivity contribution is -0.160. The molecule has 2 aromatic rings. The van der Waals surface area contributed by atoms with Gasteiger partial charge in [-0.2, -0.15) is 0 Å². The van der Waals surface area contributed by atoms with Gasteiger partial charge in [-0.1, -0.05) is 36.4 Å². The normalized spacial score (nSPS) is 14.5. The smallest absolute Gasteiger partial charge is 0.326 e. The zero-order chi connectivity index (χ0) is 21.3. The molecule has 1 heterocycles. The molecule has 0 aliphatic carbocycles. The van der Waals surface area contributed by atoms with Crippen LogP contribution in [-0.2, 0) is 14.3 Å². The van der Waals surface area contributed by atoms with Gasteiger partial charge in [0.2, 0.25) is 6.10 Å². The summed E-state index contributed by atoms with van der Waals surface area (Å²) >= 11 is 0. The second kappa shape index (κ2) is 10.4. The highest BCUT2D eigenvalue weighted by Gasteiger charge is 2.30. The number of amides is 2. The Labute approximate surface area is 176 Å². The lowest BCUT2D eigenvalue weighted by Gasteiger charge is -2.30. The summed E-state index contributed by atoms with van der Waals surface area (Å²) in [6.07, 6.45) is 1.95. The molecule has 0 aromatic heterocycles. The summed E-state index contributed by atoms with van der Waals surface area (Å²) in [6, 6.07) is 15.6. The van der Waals surface area contributed by atoms with Crippen molar-refractivity contribution < 1.29 is 23.9 Å². The summed E-state index contributed by atoms with van der Waals surface area (Å²) in [5, 5.41) is 2.53. The van der Waals surface area contributed by atoms with Crippen molar-refractivity contribution in [3.63, 3.8) is 0 Å². The van der Waals surface area contributed by atoms with E-state index in [1.807, 2.05) is 6.07 Å². The Bertz CT molecular complexity index is 878. The van der Waals surface area contributed by atoms with E-state index in [2.05, 4.69) is 5.32 Å². The Hall–Kier alpha value is -3.35. The molecular weight excluding hydrogens is 384 g/mol. The summed E-state index contributed by atoms with van der Waals surface area (Å²) in [6.45, 7) is 0.977. The van der Waals surface area contributed by atoms with Gasteiger partial charge in [-0.05, 0) is 37.5 Å². The van der Waals surface area contributed by atoms with E-state index in [9.17, 15) is 14.4 Å². The summed E-state index contributed by atoms with van der Waals surface area (Å²) in [5.41, 5.74) is 0.978. The van der Waals surface area contributed by atoms with E-state index in [1.54, 1.807) is 53.4 Å². The van der Waals surface area contributed by atoms with Gasteiger partial charge in [-0.3, -0.25) is 14.4 Å². The number of hydrogen-bond acceptors (Lipinski definition) is 5. The molecule has 1 unspecified atom stereocenters. The maximum absolute atomic E-state index is 13.0. The topological polar surface area (TPSA) is 84.9 Å². The van der Waals surface area contributed by atoms with Crippen LogP contribution in [0.2, 0.25) is 0 Å². The quantitative estimate of drug-likeness (QED) is 0.710. The van der Waals surface area contributed by atoms with Crippen LogP contribution in [0, 0.1) is 0 Å². The molecule has 0 radical (unpaired) electrons. The monoisotopic (exact) mass is 410 g/mol. The van der Waals surface area contributed by atoms with Crippen molar-refractivity contribution in [2.45, 2.75) is 25.4 Å². The molecule has 1 aliphatic heterocycles. The average Bonchev–Trinajstić information content (AvgIpc) is 2.81. The molecule has 0 spiro atoms. The minimum atomic E-state index is -1.02. The van der Waals surface area contributed by atoms with Crippen molar-refractivity contribution >= 4 is 17.8 Å². The van der Waals surface area contributed by atoms with Gasteiger partial charge in [-0.25, -0.2) is 0 Å². The number of rotatable bonds is 7. The van der Waals surface area contributed by atoms with Gasteiger partial charge in [0.25, 0.3) is 11.8 Å². The van der Waals surface area contributed by atoms with Gasteiger partial charge in [0.15, 0.2) is 0 Å². The third-order valence-electron chi connectivity index (χ3n) is 4.97. The van der Waals surface area contributed by atoms with Crippen LogP contribution in [0.5, 0.6) is 5.75 Å². The second-order valence-electron chi connectivity index (χ2n) is 7.08. The fourth-order valence-corrected chi connectivity index (χ4v) is 3.36. The zero-order valence-electron chi connectivity index (χ0n) is 17.0. The molecule has 7 nitrogen and oxygen atoms in total. The van der Waals surface area contributed by atoms with Crippen molar-refractivity contribution in [3.05, 3.63) is 65.7 Å². The molecule has 158 valence electrons. The molecule has 2 aromatic carbocycles. The van der Waals surface area contributed by atoms with Crippen molar-refractivity contribution in [3.8, 4) is 5.75 Å². The van der Waals surface area contributed by atoms with Gasteiger partial charge in [-0.15, -0.1) is 0 Å². The first-order chi connectivity index (χ1) is 14.6. The SMILES string of the molecule is COc1cccc(C(=O)NCC(=O)OC(C(=O)N2CCCCC2)c2ccccc2)c1. The van der Waals surface area contributed by atoms with Crippen molar-refractivity contribution in [2.75, 3.05) is 26.7 Å². The lowest BCUT2D eigenvalue weighted by atomic mass is 10.1. The summed E-state index contributed by atoms with van der Waals surface area (Å²) in [7, 11) is 1.51. The minimum Gasteiger partial charge on any atom is -0.497 e. The third-order valence-corrected chi connectivity index (χ3v) is 4.97. The highest BCUT2D eigenvalue weighted by molar-refractivity contribution is 5.96. The summed E-state index contributed by atoms with van der Waals surface area (Å²) in [4.78, 5) is 39.5. The van der Waals surface area contributed by atoms with Crippen molar-refractivity contribution in [2.24, 2.45) is 0 Å². The Morgan fingerprint density at radius 3 is 2.43 bits per heavy atom. The van der Waals surface area contributed by atoms with Crippen LogP contribution in [-0.4, -0.2) is 49.4 Å². The number of likely N-dealkylation sites (tertiary alicyclic amines) is 1. The first-order valence-electron chi connectivity index (χ1n) is 10.0. The maximum Gasteiger partial charge on any atom is 0.326 e. The summed E-state index contributed by atoms with van der Waals surface area (Å²) < 4.78 is 10.6. The highest BCUT2D eigenvalue weighted by atomic mass is 16.5. The molecule has 2 amide bonds. The van der Waals surface area contributed by atoms with E-state index in [0.717, 1.165) is 19.3 Å². The van der Waals surface area contributed by atoms with Crippen LogP contribution >= 0.6 is 0 Å². The number of nitrogens with zero attached hydrogens (tertiary/aromatic N) is 1. The number of hydrogen-bond donors (Lipinski definition) is 1. The van der Waals surface area contributed by atoms with Gasteiger partial charge in [0, 0.05) is 24.2 Å². The number of piperidine rings is 1. The molecule has 1 atom stereocenters. The number of nitrogens with one attached hydrogen (secondary N) is 1. The number of carbonyl (C=O) groups is 3. The molecule has 0 bridgehead atoms. The van der Waals surface area contributed by atoms with Crippen LogP contribution in [0.1, 0.15) is 41.3 Å². The number of ether oxygens (including phenoxy) is 2. The van der Waals surface area contributed by atoms with Gasteiger partial charge in [0.05, 0.1) is 7.11 Å². The van der Waals surface area contributed by atoms with Gasteiger partial charge >= 0.3 is 5.97 Å². The van der Waals surface area contributed by atoms with Crippen LogP contribution < -0.4 is 10.1 Å². The van der Waals surface area contributed by atoms with Crippen LogP contribution in [0.15, 0.2) is 54.6 Å². The molecule has 1 fully saturated rings. The molecule has 1 aliphatic rings. The van der Waals surface area contributed by atoms with E-state index in [1.165, 1.54) is 7.11 Å². The Morgan fingerprint density at radius 2 is 1.73 bits per heavy atom. The Balaban J connectivity index is 1.64. The molecule has 1 N–H and O–H groups in total. The predicted molar refractivity (Wildman–Crippen MR) is 111 cm³/mol. The van der Waals surface area contributed by atoms with E-state index in [-0.39, 0.29) is 12.5 Å². The van der Waals surface area contributed by atoms with Crippen molar-refractivity contribution in [1.29, 1.82) is 0 Å². The van der Waals surface area contributed by atoms with Crippen LogP contribution in [0.3, 0.4) is 0 Å². The summed E-state index contributed by atoms with van der Waals surface area (Å²) in [5.74, 6) is -0.787. The molecule has 3 rings (SSSR count). The standard InChI is InChI=1S/C23H26N2O5/c1-29-19-12-8-11-18(15-19)22(27)24-16-20(26)30-21(17-9-4-2-5-10-17)23(28)25-13-6-3-7-14-25/h2,4-5,8-12,15,21H,3,6-7,13-14,16H2,1H3,(H,24,27). The highest BCUT2D eigenvalue weighted by Crippen LogP contribution is 2.22. The van der Waals surface area contributed by atoms with Gasteiger partial charge in [0.1, 0.15) is 12.3 Å². The van der Waals surface area contributed by atoms with E-state index < -0.39 is 18.0 Å². The van der Waals surface area contributed by atoms with E-state index >= 15 is 0 Å². The molecule has 1 saturated heterocycles. The number of carbonyl (C=O) groups excluding carboxylic acids is 3. The van der Waals surface area contributed by atoms with Crippen LogP contribution in [0.25, 0.3) is 0 Å². The molecular formula is C23H26N2O5. The lowest BCUT2D eigenvalue weighted by Crippen LogP contribution is -2.41. The number of esters is 1. The first kappa shape index (κ1) is 21.4. The van der Waals surface area contributed by atoms with Crippen molar-refractivity contribution in [1.82, 2.24) is 10.2 Å². The number of benzene rings is 2. The maximum atomic E-state index is 13.0. The second-order valence-corrected chi connectivity index (χ2v) is 7.08. The Kier molecular flexibility index (Phi) is 7.43. The number of methoxy groups -OCH3 is 1. The Morgan fingerprint density at radius 1 is 1.00 bits per heavy atom. The minimum absolute atomic E-state index is 0.228. The first-order valence-corrected chi connectivity index (χ1v) is 10.0.